The summed E-state index contributed by atoms with van der Waals surface area (Å²) < 4.78 is 5.03. The van der Waals surface area contributed by atoms with Crippen LogP contribution in [-0.2, 0) is 19.1 Å². The van der Waals surface area contributed by atoms with Crippen molar-refractivity contribution in [2.75, 3.05) is 20.6 Å². The molecule has 134 valence electrons. The van der Waals surface area contributed by atoms with Crippen molar-refractivity contribution in [3.63, 3.8) is 0 Å². The summed E-state index contributed by atoms with van der Waals surface area (Å²) in [6.07, 6.45) is 2.37. The van der Waals surface area contributed by atoms with Crippen LogP contribution in [0, 0.1) is 5.92 Å². The molecule has 1 spiro atoms. The molecule has 2 fully saturated rings. The highest BCUT2D eigenvalue weighted by Crippen LogP contribution is 2.38. The van der Waals surface area contributed by atoms with E-state index in [-0.39, 0.29) is 17.7 Å². The Balaban J connectivity index is 2.02. The first-order chi connectivity index (χ1) is 11.2. The minimum Gasteiger partial charge on any atom is -0.451 e. The quantitative estimate of drug-likeness (QED) is 0.594. The molecule has 3 atom stereocenters. The van der Waals surface area contributed by atoms with Crippen LogP contribution in [0.2, 0.25) is 0 Å². The van der Waals surface area contributed by atoms with E-state index in [9.17, 15) is 19.2 Å². The number of likely N-dealkylation sites (N-methyl/N-ethyl adjacent to an activating group) is 1. The molecule has 1 N–H and O–H groups in total. The maximum atomic E-state index is 12.7. The summed E-state index contributed by atoms with van der Waals surface area (Å²) in [5, 5.41) is 2.77. The summed E-state index contributed by atoms with van der Waals surface area (Å²) in [5.74, 6) is -1.49. The van der Waals surface area contributed by atoms with Gasteiger partial charge in [-0.15, -0.1) is 0 Å². The largest absolute Gasteiger partial charge is 0.451 e. The minimum absolute atomic E-state index is 0.0259. The van der Waals surface area contributed by atoms with Gasteiger partial charge in [0.25, 0.3) is 11.8 Å². The highest BCUT2D eigenvalue weighted by Gasteiger charge is 2.55. The predicted molar refractivity (Wildman–Crippen MR) is 84.9 cm³/mol. The van der Waals surface area contributed by atoms with Crippen molar-refractivity contribution in [1.82, 2.24) is 15.1 Å². The molecule has 1 saturated carbocycles. The smallest absolute Gasteiger partial charge is 0.327 e. The Kier molecular flexibility index (Phi) is 5.15. The molecule has 0 aromatic rings. The number of urea groups is 1. The van der Waals surface area contributed by atoms with E-state index in [0.29, 0.717) is 6.42 Å². The summed E-state index contributed by atoms with van der Waals surface area (Å²) in [7, 11) is 3.11. The summed E-state index contributed by atoms with van der Waals surface area (Å²) in [5.41, 5.74) is -0.902. The number of nitrogens with zero attached hydrogens (tertiary/aromatic N) is 2. The first-order valence-corrected chi connectivity index (χ1v) is 8.24. The summed E-state index contributed by atoms with van der Waals surface area (Å²) >= 11 is 0. The first-order valence-electron chi connectivity index (χ1n) is 8.24. The normalized spacial score (nSPS) is 27.8. The second kappa shape index (κ2) is 6.78. The van der Waals surface area contributed by atoms with Crippen molar-refractivity contribution in [1.29, 1.82) is 0 Å². The third-order valence-corrected chi connectivity index (χ3v) is 4.89. The van der Waals surface area contributed by atoms with E-state index in [2.05, 4.69) is 5.32 Å². The van der Waals surface area contributed by atoms with Gasteiger partial charge < -0.3 is 15.0 Å². The molecule has 0 bridgehead atoms. The van der Waals surface area contributed by atoms with Gasteiger partial charge in [-0.1, -0.05) is 19.8 Å². The van der Waals surface area contributed by atoms with Gasteiger partial charge in [0.15, 0.2) is 6.10 Å². The molecule has 8 nitrogen and oxygen atoms in total. The van der Waals surface area contributed by atoms with E-state index >= 15 is 0 Å². The molecule has 1 heterocycles. The molecular weight excluding hydrogens is 314 g/mol. The maximum absolute atomic E-state index is 12.7. The van der Waals surface area contributed by atoms with Crippen LogP contribution in [0.15, 0.2) is 0 Å². The van der Waals surface area contributed by atoms with Gasteiger partial charge in [0.1, 0.15) is 12.1 Å². The van der Waals surface area contributed by atoms with Crippen molar-refractivity contribution in [2.45, 2.75) is 51.2 Å². The zero-order valence-corrected chi connectivity index (χ0v) is 14.6. The Bertz CT molecular complexity index is 562. The van der Waals surface area contributed by atoms with Crippen LogP contribution in [0.25, 0.3) is 0 Å². The van der Waals surface area contributed by atoms with Crippen LogP contribution < -0.4 is 5.32 Å². The molecule has 1 aliphatic heterocycles. The lowest BCUT2D eigenvalue weighted by Gasteiger charge is -2.36. The fourth-order valence-corrected chi connectivity index (χ4v) is 3.42. The molecular formula is C16H25N3O5. The lowest BCUT2D eigenvalue weighted by atomic mass is 9.73. The number of imide groups is 1. The number of hydrogen-bond donors (Lipinski definition) is 1. The molecule has 0 unspecified atom stereocenters. The number of rotatable bonds is 4. The Hall–Kier alpha value is -2.12. The average Bonchev–Trinajstić information content (AvgIpc) is 2.74. The van der Waals surface area contributed by atoms with Gasteiger partial charge >= 0.3 is 12.0 Å². The number of carbonyl (C=O) groups is 4. The fourth-order valence-electron chi connectivity index (χ4n) is 3.42. The second-order valence-electron chi connectivity index (χ2n) is 6.80. The number of esters is 1. The minimum atomic E-state index is -0.962. The SMILES string of the molecule is C[C@H](OC(=O)CN1C(=O)N[C@@]2(CCCC[C@@H]2C)C1=O)C(=O)N(C)C. The Morgan fingerprint density at radius 3 is 2.62 bits per heavy atom. The van der Waals surface area contributed by atoms with Crippen molar-refractivity contribution in [2.24, 2.45) is 5.92 Å². The molecule has 8 heteroatoms. The molecule has 1 saturated heterocycles. The Labute approximate surface area is 141 Å². The standard InChI is InChI=1S/C16H25N3O5/c1-10-7-5-6-8-16(10)14(22)19(15(23)17-16)9-12(20)24-11(2)13(21)18(3)4/h10-11H,5-9H2,1-4H3,(H,17,23)/t10-,11-,16+/m0/s1. The van der Waals surface area contributed by atoms with Crippen molar-refractivity contribution in [3.8, 4) is 0 Å². The Morgan fingerprint density at radius 1 is 1.38 bits per heavy atom. The highest BCUT2D eigenvalue weighted by molar-refractivity contribution is 6.09. The van der Waals surface area contributed by atoms with Crippen LogP contribution in [-0.4, -0.2) is 65.9 Å². The first kappa shape index (κ1) is 18.2. The van der Waals surface area contributed by atoms with Gasteiger partial charge in [0, 0.05) is 14.1 Å². The Morgan fingerprint density at radius 2 is 2.04 bits per heavy atom. The molecule has 2 rings (SSSR count). The number of ether oxygens (including phenoxy) is 1. The molecule has 24 heavy (non-hydrogen) atoms. The van der Waals surface area contributed by atoms with Crippen LogP contribution in [0.1, 0.15) is 39.5 Å². The van der Waals surface area contributed by atoms with Crippen LogP contribution in [0.4, 0.5) is 4.79 Å². The number of hydrogen-bond acceptors (Lipinski definition) is 5. The van der Waals surface area contributed by atoms with Gasteiger partial charge in [0.05, 0.1) is 0 Å². The molecule has 1 aliphatic carbocycles. The molecule has 2 aliphatic rings. The zero-order valence-electron chi connectivity index (χ0n) is 14.6. The number of amides is 4. The van der Waals surface area contributed by atoms with Crippen LogP contribution in [0.3, 0.4) is 0 Å². The van der Waals surface area contributed by atoms with Crippen molar-refractivity contribution < 1.29 is 23.9 Å². The third-order valence-electron chi connectivity index (χ3n) is 4.89. The second-order valence-corrected chi connectivity index (χ2v) is 6.80. The summed E-state index contributed by atoms with van der Waals surface area (Å²) in [4.78, 5) is 50.8. The van der Waals surface area contributed by atoms with E-state index in [4.69, 9.17) is 4.74 Å². The topological polar surface area (TPSA) is 96.0 Å². The fraction of sp³-hybridized carbons (Fsp3) is 0.750. The summed E-state index contributed by atoms with van der Waals surface area (Å²) in [6.45, 7) is 2.91. The lowest BCUT2D eigenvalue weighted by Crippen LogP contribution is -2.54. The van der Waals surface area contributed by atoms with Gasteiger partial charge in [-0.2, -0.15) is 0 Å². The van der Waals surface area contributed by atoms with E-state index < -0.39 is 30.2 Å². The van der Waals surface area contributed by atoms with E-state index in [1.54, 1.807) is 14.1 Å². The average molecular weight is 339 g/mol. The number of carbonyl (C=O) groups excluding carboxylic acids is 4. The number of nitrogens with one attached hydrogen (secondary N) is 1. The van der Waals surface area contributed by atoms with E-state index in [1.165, 1.54) is 11.8 Å². The molecule has 0 aromatic heterocycles. The highest BCUT2D eigenvalue weighted by atomic mass is 16.5. The van der Waals surface area contributed by atoms with E-state index in [1.807, 2.05) is 6.92 Å². The van der Waals surface area contributed by atoms with E-state index in [0.717, 1.165) is 24.2 Å². The van der Waals surface area contributed by atoms with Gasteiger partial charge in [-0.3, -0.25) is 19.3 Å². The molecule has 0 aromatic carbocycles. The molecule has 0 radical (unpaired) electrons. The maximum Gasteiger partial charge on any atom is 0.327 e. The predicted octanol–water partition coefficient (Wildman–Crippen LogP) is 0.507. The van der Waals surface area contributed by atoms with Crippen molar-refractivity contribution in [3.05, 3.63) is 0 Å². The zero-order chi connectivity index (χ0) is 18.1. The van der Waals surface area contributed by atoms with Crippen LogP contribution >= 0.6 is 0 Å². The summed E-state index contributed by atoms with van der Waals surface area (Å²) in [6, 6.07) is -0.572. The van der Waals surface area contributed by atoms with Crippen molar-refractivity contribution >= 4 is 23.8 Å². The molecule has 4 amide bonds. The van der Waals surface area contributed by atoms with Gasteiger partial charge in [-0.05, 0) is 25.7 Å². The monoisotopic (exact) mass is 339 g/mol. The van der Waals surface area contributed by atoms with Crippen LogP contribution in [0.5, 0.6) is 0 Å². The third kappa shape index (κ3) is 3.22. The van der Waals surface area contributed by atoms with Gasteiger partial charge in [-0.25, -0.2) is 4.79 Å². The van der Waals surface area contributed by atoms with Gasteiger partial charge in [0.2, 0.25) is 0 Å². The lowest BCUT2D eigenvalue weighted by molar-refractivity contribution is -0.159.